The maximum atomic E-state index is 3.82. The van der Waals surface area contributed by atoms with Crippen LogP contribution in [0.1, 0.15) is 91.4 Å². The molecule has 0 saturated heterocycles. The largest absolute Gasteiger partial charge is 0.344 e. The molecule has 0 amide bonds. The molecule has 0 radical (unpaired) electrons. The smallest absolute Gasteiger partial charge is 0.0352 e. The fourth-order valence-corrected chi connectivity index (χ4v) is 2.67. The van der Waals surface area contributed by atoms with E-state index < -0.39 is 0 Å². The Morgan fingerprint density at radius 2 is 1.15 bits per heavy atom. The summed E-state index contributed by atoms with van der Waals surface area (Å²) in [7, 11) is 0. The molecule has 2 atom stereocenters. The number of rotatable bonds is 12. The molecule has 0 aromatic heterocycles. The standard InChI is InChI=1S/C16H32Br2.2H3N/c1-4-5-6-7-8-9-10-11-12-13-14-16(3,18)15(2)17;;/h15H,4-14H2,1-3H3;2*1H3. The van der Waals surface area contributed by atoms with E-state index in [4.69, 9.17) is 0 Å². The zero-order chi connectivity index (χ0) is 13.9. The van der Waals surface area contributed by atoms with Gasteiger partial charge in [0.2, 0.25) is 0 Å². The quantitative estimate of drug-likeness (QED) is 0.254. The molecule has 0 fully saturated rings. The molecule has 0 heterocycles. The first-order valence-electron chi connectivity index (χ1n) is 7.83. The van der Waals surface area contributed by atoms with Crippen LogP contribution in [0.25, 0.3) is 0 Å². The molecule has 126 valence electrons. The van der Waals surface area contributed by atoms with Crippen LogP contribution in [0.3, 0.4) is 0 Å². The molecule has 0 bridgehead atoms. The van der Waals surface area contributed by atoms with Crippen molar-refractivity contribution >= 4 is 31.9 Å². The summed E-state index contributed by atoms with van der Waals surface area (Å²) in [5.41, 5.74) is 0. The van der Waals surface area contributed by atoms with Crippen LogP contribution in [0, 0.1) is 0 Å². The van der Waals surface area contributed by atoms with E-state index in [0.717, 1.165) is 0 Å². The van der Waals surface area contributed by atoms with Crippen LogP contribution in [0.2, 0.25) is 0 Å². The summed E-state index contributed by atoms with van der Waals surface area (Å²) >= 11 is 7.49. The van der Waals surface area contributed by atoms with Crippen molar-refractivity contribution in [2.24, 2.45) is 0 Å². The third-order valence-electron chi connectivity index (χ3n) is 3.85. The monoisotopic (exact) mass is 416 g/mol. The van der Waals surface area contributed by atoms with E-state index in [1.54, 1.807) is 0 Å². The van der Waals surface area contributed by atoms with E-state index in [1.165, 1.54) is 70.6 Å². The Morgan fingerprint density at radius 1 is 0.800 bits per heavy atom. The van der Waals surface area contributed by atoms with E-state index in [1.807, 2.05) is 0 Å². The summed E-state index contributed by atoms with van der Waals surface area (Å²) in [5, 5.41) is 0. The molecule has 0 aliphatic heterocycles. The number of alkyl halides is 2. The molecule has 0 spiro atoms. The van der Waals surface area contributed by atoms with Gasteiger partial charge in [0, 0.05) is 9.15 Å². The first-order valence-corrected chi connectivity index (χ1v) is 9.54. The van der Waals surface area contributed by atoms with Gasteiger partial charge in [-0.25, -0.2) is 0 Å². The molecule has 20 heavy (non-hydrogen) atoms. The first-order chi connectivity index (χ1) is 8.50. The Balaban J connectivity index is -0.00000144. The Bertz CT molecular complexity index is 185. The third kappa shape index (κ3) is 15.3. The lowest BCUT2D eigenvalue weighted by molar-refractivity contribution is 0.515. The van der Waals surface area contributed by atoms with E-state index in [-0.39, 0.29) is 16.6 Å². The van der Waals surface area contributed by atoms with Crippen LogP contribution >= 0.6 is 31.9 Å². The van der Waals surface area contributed by atoms with Crippen molar-refractivity contribution in [3.05, 3.63) is 0 Å². The van der Waals surface area contributed by atoms with Crippen molar-refractivity contribution in [2.45, 2.75) is 101 Å². The van der Waals surface area contributed by atoms with Gasteiger partial charge >= 0.3 is 0 Å². The summed E-state index contributed by atoms with van der Waals surface area (Å²) < 4.78 is 0.271. The minimum Gasteiger partial charge on any atom is -0.344 e. The fraction of sp³-hybridized carbons (Fsp3) is 1.00. The van der Waals surface area contributed by atoms with Gasteiger partial charge in [-0.05, 0) is 13.3 Å². The van der Waals surface area contributed by atoms with Gasteiger partial charge in [0.15, 0.2) is 0 Å². The van der Waals surface area contributed by atoms with Gasteiger partial charge in [-0.3, -0.25) is 0 Å². The van der Waals surface area contributed by atoms with Crippen LogP contribution in [-0.2, 0) is 0 Å². The predicted molar refractivity (Wildman–Crippen MR) is 102 cm³/mol. The van der Waals surface area contributed by atoms with Crippen LogP contribution in [0.5, 0.6) is 0 Å². The highest BCUT2D eigenvalue weighted by Gasteiger charge is 2.24. The normalized spacial score (nSPS) is 14.8. The zero-order valence-corrected chi connectivity index (χ0v) is 17.2. The molecule has 0 aromatic carbocycles. The second-order valence-electron chi connectivity index (χ2n) is 5.83. The molecule has 0 aliphatic rings. The fourth-order valence-electron chi connectivity index (χ4n) is 2.16. The molecule has 0 aromatic rings. The third-order valence-corrected chi connectivity index (χ3v) is 6.56. The van der Waals surface area contributed by atoms with E-state index in [2.05, 4.69) is 52.6 Å². The van der Waals surface area contributed by atoms with E-state index in [0.29, 0.717) is 4.83 Å². The number of hydrogen-bond donors (Lipinski definition) is 2. The van der Waals surface area contributed by atoms with Crippen molar-refractivity contribution in [2.75, 3.05) is 0 Å². The summed E-state index contributed by atoms with van der Waals surface area (Å²) in [5.74, 6) is 0. The van der Waals surface area contributed by atoms with Gasteiger partial charge in [0.05, 0.1) is 0 Å². The number of hydrogen-bond acceptors (Lipinski definition) is 2. The minimum absolute atomic E-state index is 0. The summed E-state index contributed by atoms with van der Waals surface area (Å²) in [4.78, 5) is 0.545. The molecule has 6 N–H and O–H groups in total. The van der Waals surface area contributed by atoms with Gasteiger partial charge < -0.3 is 12.3 Å². The minimum atomic E-state index is 0. The molecule has 0 saturated carbocycles. The molecule has 2 unspecified atom stereocenters. The van der Waals surface area contributed by atoms with Gasteiger partial charge in [0.1, 0.15) is 0 Å². The highest BCUT2D eigenvalue weighted by atomic mass is 79.9. The van der Waals surface area contributed by atoms with Crippen LogP contribution in [0.4, 0.5) is 0 Å². The van der Waals surface area contributed by atoms with Crippen molar-refractivity contribution in [1.29, 1.82) is 0 Å². The summed E-state index contributed by atoms with van der Waals surface area (Å²) in [6, 6.07) is 0. The molecule has 0 rings (SSSR count). The average molecular weight is 418 g/mol. The first kappa shape index (κ1) is 25.8. The lowest BCUT2D eigenvalue weighted by atomic mass is 9.99. The Hall–Kier alpha value is 0.880. The summed E-state index contributed by atoms with van der Waals surface area (Å²) in [6.07, 6.45) is 15.5. The lowest BCUT2D eigenvalue weighted by Crippen LogP contribution is -2.25. The van der Waals surface area contributed by atoms with E-state index in [9.17, 15) is 0 Å². The van der Waals surface area contributed by atoms with Crippen molar-refractivity contribution in [3.63, 3.8) is 0 Å². The van der Waals surface area contributed by atoms with Gasteiger partial charge in [-0.2, -0.15) is 0 Å². The SMILES string of the molecule is CCCCCCCCCCCCC(C)(Br)C(C)Br.N.N. The van der Waals surface area contributed by atoms with E-state index >= 15 is 0 Å². The molecule has 2 nitrogen and oxygen atoms in total. The maximum Gasteiger partial charge on any atom is 0.0352 e. The highest BCUT2D eigenvalue weighted by molar-refractivity contribution is 9.12. The number of unbranched alkanes of at least 4 members (excludes halogenated alkanes) is 9. The molecule has 0 aliphatic carbocycles. The molecular weight excluding hydrogens is 380 g/mol. The average Bonchev–Trinajstić information content (AvgIpc) is 2.31. The van der Waals surface area contributed by atoms with Gasteiger partial charge in [-0.15, -0.1) is 0 Å². The Labute approximate surface area is 144 Å². The maximum absolute atomic E-state index is 3.82. The molecular formula is C16H38Br2N2. The van der Waals surface area contributed by atoms with Gasteiger partial charge in [0.25, 0.3) is 0 Å². The second kappa shape index (κ2) is 16.3. The second-order valence-corrected chi connectivity index (χ2v) is 9.01. The van der Waals surface area contributed by atoms with Crippen LogP contribution < -0.4 is 12.3 Å². The van der Waals surface area contributed by atoms with Crippen molar-refractivity contribution < 1.29 is 0 Å². The van der Waals surface area contributed by atoms with Crippen molar-refractivity contribution in [1.82, 2.24) is 12.3 Å². The summed E-state index contributed by atoms with van der Waals surface area (Å²) in [6.45, 7) is 6.80. The van der Waals surface area contributed by atoms with Crippen LogP contribution in [0.15, 0.2) is 0 Å². The van der Waals surface area contributed by atoms with Crippen molar-refractivity contribution in [3.8, 4) is 0 Å². The van der Waals surface area contributed by atoms with Gasteiger partial charge in [-0.1, -0.05) is 110 Å². The Morgan fingerprint density at radius 3 is 1.50 bits per heavy atom. The zero-order valence-electron chi connectivity index (χ0n) is 14.0. The lowest BCUT2D eigenvalue weighted by Gasteiger charge is -2.25. The predicted octanol–water partition coefficient (Wildman–Crippen LogP) is 7.56. The molecule has 4 heteroatoms. The topological polar surface area (TPSA) is 70.0 Å². The highest BCUT2D eigenvalue weighted by Crippen LogP contribution is 2.32. The Kier molecular flexibility index (Phi) is 21.0. The number of halogens is 2. The van der Waals surface area contributed by atoms with Crippen LogP contribution in [-0.4, -0.2) is 9.15 Å².